The molecule has 1 fully saturated rings. The molecule has 1 aliphatic rings. The van der Waals surface area contributed by atoms with E-state index >= 15 is 0 Å². The van der Waals surface area contributed by atoms with Gasteiger partial charge in [0.2, 0.25) is 0 Å². The number of aliphatic hydroxyl groups excluding tert-OH is 1. The Morgan fingerprint density at radius 3 is 1.94 bits per heavy atom. The first-order valence-electron chi connectivity index (χ1n) is 6.97. The predicted molar refractivity (Wildman–Crippen MR) is 72.9 cm³/mol. The van der Waals surface area contributed by atoms with Gasteiger partial charge >= 0.3 is 0 Å². The molecule has 0 bridgehead atoms. The summed E-state index contributed by atoms with van der Waals surface area (Å²) in [6, 6.07) is 0. The minimum absolute atomic E-state index is 0.318. The van der Waals surface area contributed by atoms with Gasteiger partial charge in [0.05, 0.1) is 24.9 Å². The highest BCUT2D eigenvalue weighted by Gasteiger charge is 2.23. The maximum absolute atomic E-state index is 8.65. The maximum atomic E-state index is 8.65. The zero-order valence-electron chi connectivity index (χ0n) is 12.4. The molecule has 0 aromatic rings. The molecule has 3 unspecified atom stereocenters. The molecule has 18 heavy (non-hydrogen) atoms. The topological polar surface area (TPSA) is 47.9 Å². The highest BCUT2D eigenvalue weighted by atomic mass is 16.5. The summed E-state index contributed by atoms with van der Waals surface area (Å²) in [5.74, 6) is 0. The molecule has 0 radical (unpaired) electrons. The number of ether oxygens (including phenoxy) is 3. The monoisotopic (exact) mass is 262 g/mol. The largest absolute Gasteiger partial charge is 0.391 e. The Morgan fingerprint density at radius 2 is 1.61 bits per heavy atom. The smallest absolute Gasteiger partial charge is 0.0832 e. The van der Waals surface area contributed by atoms with Crippen molar-refractivity contribution >= 4 is 0 Å². The van der Waals surface area contributed by atoms with Gasteiger partial charge in [-0.3, -0.25) is 0 Å². The molecule has 4 nitrogen and oxygen atoms in total. The summed E-state index contributed by atoms with van der Waals surface area (Å²) in [4.78, 5) is 0. The van der Waals surface area contributed by atoms with E-state index in [0.717, 1.165) is 25.9 Å². The van der Waals surface area contributed by atoms with Crippen molar-refractivity contribution in [3.8, 4) is 0 Å². The second kappa shape index (κ2) is 11.9. The third-order valence-corrected chi connectivity index (χ3v) is 2.95. The number of methoxy groups -OCH3 is 2. The Kier molecular flexibility index (Phi) is 11.8. The van der Waals surface area contributed by atoms with Gasteiger partial charge < -0.3 is 19.3 Å². The van der Waals surface area contributed by atoms with E-state index in [2.05, 4.69) is 0 Å². The van der Waals surface area contributed by atoms with Crippen LogP contribution in [0.15, 0.2) is 0 Å². The third-order valence-electron chi connectivity index (χ3n) is 2.95. The molecular formula is C14H30O4. The van der Waals surface area contributed by atoms with Crippen LogP contribution in [0, 0.1) is 0 Å². The molecule has 0 spiro atoms. The van der Waals surface area contributed by atoms with Crippen molar-refractivity contribution in [2.75, 3.05) is 27.4 Å². The van der Waals surface area contributed by atoms with Crippen LogP contribution in [0.3, 0.4) is 0 Å². The van der Waals surface area contributed by atoms with Crippen molar-refractivity contribution in [3.05, 3.63) is 0 Å². The molecule has 0 aromatic carbocycles. The van der Waals surface area contributed by atoms with Gasteiger partial charge in [0.15, 0.2) is 0 Å². The van der Waals surface area contributed by atoms with Gasteiger partial charge in [0.25, 0.3) is 0 Å². The van der Waals surface area contributed by atoms with Crippen molar-refractivity contribution in [1.29, 1.82) is 0 Å². The van der Waals surface area contributed by atoms with E-state index in [0.29, 0.717) is 18.8 Å². The van der Waals surface area contributed by atoms with E-state index in [-0.39, 0.29) is 6.10 Å². The lowest BCUT2D eigenvalue weighted by Crippen LogP contribution is -2.32. The summed E-state index contributed by atoms with van der Waals surface area (Å²) < 4.78 is 15.5. The fourth-order valence-electron chi connectivity index (χ4n) is 2.00. The number of hydrogen-bond acceptors (Lipinski definition) is 4. The fraction of sp³-hybridized carbons (Fsp3) is 1.00. The zero-order chi connectivity index (χ0) is 13.8. The second-order valence-electron chi connectivity index (χ2n) is 4.76. The lowest BCUT2D eigenvalue weighted by molar-refractivity contribution is -0.0577. The summed E-state index contributed by atoms with van der Waals surface area (Å²) in [5, 5.41) is 8.65. The molecule has 0 heterocycles. The average Bonchev–Trinajstić information content (AvgIpc) is 2.39. The van der Waals surface area contributed by atoms with Crippen LogP contribution in [-0.2, 0) is 14.2 Å². The van der Waals surface area contributed by atoms with Crippen LogP contribution in [-0.4, -0.2) is 50.9 Å². The summed E-state index contributed by atoms with van der Waals surface area (Å²) in [7, 11) is 3.53. The standard InChI is InChI=1S/C8H16O2.C6H14O2/c1-9-7-5-3-4-6-8(7)10-2;1-3-4-8-5-6(2)7/h7-8H,3-6H2,1-2H3;6-7H,3-5H2,1-2H3. The summed E-state index contributed by atoms with van der Waals surface area (Å²) in [6.07, 6.45) is 6.30. The molecule has 1 N–H and O–H groups in total. The van der Waals surface area contributed by atoms with Crippen molar-refractivity contribution < 1.29 is 19.3 Å². The van der Waals surface area contributed by atoms with Crippen LogP contribution in [0.1, 0.15) is 46.0 Å². The molecule has 1 rings (SSSR count). The Hall–Kier alpha value is -0.160. The Balaban J connectivity index is 0.000000331. The minimum Gasteiger partial charge on any atom is -0.391 e. The van der Waals surface area contributed by atoms with Crippen LogP contribution in [0.25, 0.3) is 0 Å². The Labute approximate surface area is 112 Å². The van der Waals surface area contributed by atoms with Gasteiger partial charge in [-0.1, -0.05) is 19.8 Å². The number of rotatable bonds is 6. The average molecular weight is 262 g/mol. The van der Waals surface area contributed by atoms with Gasteiger partial charge in [0.1, 0.15) is 0 Å². The molecule has 0 saturated heterocycles. The molecule has 0 aliphatic heterocycles. The van der Waals surface area contributed by atoms with Gasteiger partial charge in [-0.15, -0.1) is 0 Å². The summed E-state index contributed by atoms with van der Waals surface area (Å²) >= 11 is 0. The molecule has 3 atom stereocenters. The van der Waals surface area contributed by atoms with Gasteiger partial charge in [-0.25, -0.2) is 0 Å². The molecule has 4 heteroatoms. The molecule has 0 amide bonds. The van der Waals surface area contributed by atoms with E-state index in [1.54, 1.807) is 21.1 Å². The van der Waals surface area contributed by atoms with Crippen LogP contribution in [0.5, 0.6) is 0 Å². The predicted octanol–water partition coefficient (Wildman–Crippen LogP) is 2.38. The first kappa shape index (κ1) is 17.8. The molecule has 1 aliphatic carbocycles. The van der Waals surface area contributed by atoms with Crippen LogP contribution in [0.2, 0.25) is 0 Å². The fourth-order valence-corrected chi connectivity index (χ4v) is 2.00. The first-order chi connectivity index (χ1) is 8.65. The van der Waals surface area contributed by atoms with E-state index in [1.165, 1.54) is 12.8 Å². The van der Waals surface area contributed by atoms with Crippen molar-refractivity contribution in [1.82, 2.24) is 0 Å². The number of aliphatic hydroxyl groups is 1. The summed E-state index contributed by atoms with van der Waals surface area (Å²) in [6.45, 7) is 4.98. The van der Waals surface area contributed by atoms with Gasteiger partial charge in [-0.2, -0.15) is 0 Å². The Bertz CT molecular complexity index is 161. The molecule has 0 aromatic heterocycles. The van der Waals surface area contributed by atoms with E-state index in [1.807, 2.05) is 6.92 Å². The van der Waals surface area contributed by atoms with E-state index < -0.39 is 0 Å². The van der Waals surface area contributed by atoms with Crippen molar-refractivity contribution in [2.45, 2.75) is 64.3 Å². The van der Waals surface area contributed by atoms with Crippen LogP contribution >= 0.6 is 0 Å². The van der Waals surface area contributed by atoms with E-state index in [9.17, 15) is 0 Å². The van der Waals surface area contributed by atoms with E-state index in [4.69, 9.17) is 19.3 Å². The lowest BCUT2D eigenvalue weighted by atomic mass is 9.95. The van der Waals surface area contributed by atoms with Crippen LogP contribution in [0.4, 0.5) is 0 Å². The maximum Gasteiger partial charge on any atom is 0.0832 e. The minimum atomic E-state index is -0.318. The van der Waals surface area contributed by atoms with Crippen molar-refractivity contribution in [3.63, 3.8) is 0 Å². The van der Waals surface area contributed by atoms with Gasteiger partial charge in [0, 0.05) is 20.8 Å². The van der Waals surface area contributed by atoms with Crippen LogP contribution < -0.4 is 0 Å². The SMILES string of the molecule is CCCOCC(C)O.COC1CCCCC1OC. The zero-order valence-corrected chi connectivity index (χ0v) is 12.4. The highest BCUT2D eigenvalue weighted by molar-refractivity contribution is 4.75. The Morgan fingerprint density at radius 1 is 1.11 bits per heavy atom. The molecule has 1 saturated carbocycles. The third kappa shape index (κ3) is 8.86. The van der Waals surface area contributed by atoms with Gasteiger partial charge in [-0.05, 0) is 26.2 Å². The molecular weight excluding hydrogens is 232 g/mol. The summed E-state index contributed by atoms with van der Waals surface area (Å²) in [5.41, 5.74) is 0. The normalized spacial score (nSPS) is 25.2. The quantitative estimate of drug-likeness (QED) is 0.747. The first-order valence-corrected chi connectivity index (χ1v) is 6.97. The second-order valence-corrected chi connectivity index (χ2v) is 4.76. The molecule has 110 valence electrons. The lowest BCUT2D eigenvalue weighted by Gasteiger charge is -2.28. The highest BCUT2D eigenvalue weighted by Crippen LogP contribution is 2.22. The van der Waals surface area contributed by atoms with Crippen molar-refractivity contribution in [2.24, 2.45) is 0 Å². The number of hydrogen-bond donors (Lipinski definition) is 1.